The summed E-state index contributed by atoms with van der Waals surface area (Å²) in [5, 5.41) is 0.932. The molecule has 0 amide bonds. The van der Waals surface area contributed by atoms with E-state index in [9.17, 15) is 4.39 Å². The van der Waals surface area contributed by atoms with E-state index in [2.05, 4.69) is 16.8 Å². The van der Waals surface area contributed by atoms with Gasteiger partial charge in [0.1, 0.15) is 5.82 Å². The highest BCUT2D eigenvalue weighted by Gasteiger charge is 2.24. The summed E-state index contributed by atoms with van der Waals surface area (Å²) in [5.41, 5.74) is 8.94. The second-order valence-electron chi connectivity index (χ2n) is 4.60. The van der Waals surface area contributed by atoms with Crippen molar-refractivity contribution in [2.24, 2.45) is 5.73 Å². The molecule has 0 fully saturated rings. The normalized spacial score (nSPS) is 13.9. The van der Waals surface area contributed by atoms with E-state index in [1.807, 2.05) is 6.07 Å². The summed E-state index contributed by atoms with van der Waals surface area (Å²) in [6, 6.07) is 4.98. The van der Waals surface area contributed by atoms with Crippen LogP contribution >= 0.6 is 11.3 Å². The van der Waals surface area contributed by atoms with Gasteiger partial charge in [0.05, 0.1) is 5.69 Å². The van der Waals surface area contributed by atoms with Crippen LogP contribution < -0.4 is 10.6 Å². The monoisotopic (exact) mass is 277 g/mol. The van der Waals surface area contributed by atoms with Gasteiger partial charge in [-0.3, -0.25) is 0 Å². The molecule has 0 atom stereocenters. The van der Waals surface area contributed by atoms with Crippen LogP contribution in [0, 0.1) is 5.82 Å². The van der Waals surface area contributed by atoms with Gasteiger partial charge >= 0.3 is 0 Å². The number of nitrogens with zero attached hydrogens (tertiary/aromatic N) is 2. The van der Waals surface area contributed by atoms with Gasteiger partial charge < -0.3 is 10.6 Å². The zero-order valence-corrected chi connectivity index (χ0v) is 11.6. The van der Waals surface area contributed by atoms with Crippen LogP contribution in [0.4, 0.5) is 15.2 Å². The molecule has 0 saturated carbocycles. The molecule has 2 aromatic rings. The number of benzene rings is 1. The number of thiazole rings is 1. The van der Waals surface area contributed by atoms with E-state index in [-0.39, 0.29) is 5.82 Å². The Labute approximate surface area is 115 Å². The van der Waals surface area contributed by atoms with E-state index in [0.29, 0.717) is 6.54 Å². The van der Waals surface area contributed by atoms with Crippen molar-refractivity contribution in [3.8, 4) is 0 Å². The number of aromatic nitrogens is 1. The zero-order valence-electron chi connectivity index (χ0n) is 10.8. The third-order valence-electron chi connectivity index (χ3n) is 3.46. The third kappa shape index (κ3) is 2.13. The molecule has 1 aliphatic rings. The van der Waals surface area contributed by atoms with Gasteiger partial charge in [0.25, 0.3) is 0 Å². The lowest BCUT2D eigenvalue weighted by atomic mass is 10.2. The molecule has 19 heavy (non-hydrogen) atoms. The van der Waals surface area contributed by atoms with Crippen molar-refractivity contribution >= 4 is 22.2 Å². The predicted molar refractivity (Wildman–Crippen MR) is 76.5 cm³/mol. The maximum absolute atomic E-state index is 13.4. The number of hydrogen-bond donors (Lipinski definition) is 1. The van der Waals surface area contributed by atoms with Crippen LogP contribution in [-0.4, -0.2) is 11.5 Å². The first-order valence-electron chi connectivity index (χ1n) is 6.47. The minimum absolute atomic E-state index is 0.197. The molecule has 0 saturated heterocycles. The van der Waals surface area contributed by atoms with Crippen molar-refractivity contribution in [2.75, 3.05) is 11.4 Å². The van der Waals surface area contributed by atoms with E-state index in [1.165, 1.54) is 11.6 Å². The van der Waals surface area contributed by atoms with Gasteiger partial charge in [-0.2, -0.15) is 0 Å². The standard InChI is InChI=1S/C14H16FN3S/c1-2-11-13(8-16)19-14(17-11)18-6-5-9-3-4-10(15)7-12(9)18/h3-4,7H,2,5-6,8,16H2,1H3. The Morgan fingerprint density at radius 1 is 1.47 bits per heavy atom. The predicted octanol–water partition coefficient (Wildman–Crippen LogP) is 3.00. The molecule has 1 aromatic heterocycles. The Kier molecular flexibility index (Phi) is 3.24. The summed E-state index contributed by atoms with van der Waals surface area (Å²) in [4.78, 5) is 7.88. The highest BCUT2D eigenvalue weighted by Crippen LogP contribution is 2.38. The molecule has 2 N–H and O–H groups in total. The van der Waals surface area contributed by atoms with Gasteiger partial charge in [-0.05, 0) is 30.5 Å². The zero-order chi connectivity index (χ0) is 13.4. The van der Waals surface area contributed by atoms with Crippen LogP contribution in [0.15, 0.2) is 18.2 Å². The molecule has 0 aliphatic carbocycles. The first-order valence-corrected chi connectivity index (χ1v) is 7.29. The van der Waals surface area contributed by atoms with Crippen LogP contribution in [-0.2, 0) is 19.4 Å². The molecule has 1 aliphatic heterocycles. The SMILES string of the molecule is CCc1nc(N2CCc3ccc(F)cc32)sc1CN. The van der Waals surface area contributed by atoms with E-state index in [0.717, 1.165) is 40.8 Å². The molecular weight excluding hydrogens is 261 g/mol. The minimum atomic E-state index is -0.197. The van der Waals surface area contributed by atoms with Gasteiger partial charge in [0.2, 0.25) is 0 Å². The lowest BCUT2D eigenvalue weighted by Crippen LogP contribution is -2.13. The number of fused-ring (bicyclic) bond motifs is 1. The summed E-state index contributed by atoms with van der Waals surface area (Å²) in [5.74, 6) is -0.197. The molecule has 3 nitrogen and oxygen atoms in total. The topological polar surface area (TPSA) is 42.2 Å². The average Bonchev–Trinajstić information content (AvgIpc) is 3.00. The number of nitrogens with two attached hydrogens (primary N) is 1. The maximum atomic E-state index is 13.4. The van der Waals surface area contributed by atoms with Crippen molar-refractivity contribution in [3.63, 3.8) is 0 Å². The highest BCUT2D eigenvalue weighted by molar-refractivity contribution is 7.15. The minimum Gasteiger partial charge on any atom is -0.326 e. The molecule has 5 heteroatoms. The smallest absolute Gasteiger partial charge is 0.190 e. The molecule has 100 valence electrons. The fraction of sp³-hybridized carbons (Fsp3) is 0.357. The summed E-state index contributed by atoms with van der Waals surface area (Å²) >= 11 is 1.62. The van der Waals surface area contributed by atoms with Gasteiger partial charge in [0, 0.05) is 23.7 Å². The van der Waals surface area contributed by atoms with Crippen molar-refractivity contribution < 1.29 is 4.39 Å². The Balaban J connectivity index is 2.01. The summed E-state index contributed by atoms with van der Waals surface area (Å²) < 4.78 is 13.4. The Morgan fingerprint density at radius 3 is 3.00 bits per heavy atom. The number of halogens is 1. The molecule has 0 bridgehead atoms. The fourth-order valence-electron chi connectivity index (χ4n) is 2.47. The summed E-state index contributed by atoms with van der Waals surface area (Å²) in [6.07, 6.45) is 1.82. The number of aryl methyl sites for hydroxylation is 1. The van der Waals surface area contributed by atoms with Crippen molar-refractivity contribution in [2.45, 2.75) is 26.3 Å². The first-order chi connectivity index (χ1) is 9.22. The summed E-state index contributed by atoms with van der Waals surface area (Å²) in [7, 11) is 0. The largest absolute Gasteiger partial charge is 0.326 e. The highest BCUT2D eigenvalue weighted by atomic mass is 32.1. The maximum Gasteiger partial charge on any atom is 0.190 e. The first kappa shape index (κ1) is 12.6. The molecule has 3 rings (SSSR count). The Morgan fingerprint density at radius 2 is 2.32 bits per heavy atom. The van der Waals surface area contributed by atoms with Crippen molar-refractivity contribution in [1.82, 2.24) is 4.98 Å². The Bertz CT molecular complexity index is 587. The van der Waals surface area contributed by atoms with Crippen LogP contribution in [0.2, 0.25) is 0 Å². The van der Waals surface area contributed by atoms with E-state index >= 15 is 0 Å². The molecule has 2 heterocycles. The molecule has 0 radical (unpaired) electrons. The third-order valence-corrected chi connectivity index (χ3v) is 4.60. The fourth-order valence-corrected chi connectivity index (χ4v) is 3.54. The molecule has 1 aromatic carbocycles. The van der Waals surface area contributed by atoms with E-state index in [1.54, 1.807) is 17.4 Å². The van der Waals surface area contributed by atoms with Crippen LogP contribution in [0.5, 0.6) is 0 Å². The van der Waals surface area contributed by atoms with Crippen molar-refractivity contribution in [1.29, 1.82) is 0 Å². The second kappa shape index (κ2) is 4.90. The van der Waals surface area contributed by atoms with Crippen LogP contribution in [0.1, 0.15) is 23.1 Å². The Hall–Kier alpha value is -1.46. The van der Waals surface area contributed by atoms with E-state index in [4.69, 9.17) is 5.73 Å². The molecule has 0 unspecified atom stereocenters. The summed E-state index contributed by atoms with van der Waals surface area (Å²) in [6.45, 7) is 3.46. The van der Waals surface area contributed by atoms with Crippen LogP contribution in [0.25, 0.3) is 0 Å². The lowest BCUT2D eigenvalue weighted by Gasteiger charge is -2.15. The lowest BCUT2D eigenvalue weighted by molar-refractivity contribution is 0.628. The molecule has 0 spiro atoms. The van der Waals surface area contributed by atoms with Gasteiger partial charge in [0.15, 0.2) is 5.13 Å². The number of hydrogen-bond acceptors (Lipinski definition) is 4. The van der Waals surface area contributed by atoms with Gasteiger partial charge in [-0.1, -0.05) is 24.3 Å². The van der Waals surface area contributed by atoms with Gasteiger partial charge in [-0.15, -0.1) is 0 Å². The van der Waals surface area contributed by atoms with Gasteiger partial charge in [-0.25, -0.2) is 9.37 Å². The van der Waals surface area contributed by atoms with Crippen molar-refractivity contribution in [3.05, 3.63) is 40.2 Å². The number of rotatable bonds is 3. The quantitative estimate of drug-likeness (QED) is 0.937. The molecular formula is C14H16FN3S. The number of anilines is 2. The van der Waals surface area contributed by atoms with Crippen LogP contribution in [0.3, 0.4) is 0 Å². The van der Waals surface area contributed by atoms with E-state index < -0.39 is 0 Å². The average molecular weight is 277 g/mol. The second-order valence-corrected chi connectivity index (χ2v) is 5.66.